The molecule has 0 spiro atoms. The van der Waals surface area contributed by atoms with Gasteiger partial charge in [0.15, 0.2) is 9.84 Å². The highest BCUT2D eigenvalue weighted by Crippen LogP contribution is 2.22. The number of sulfone groups is 1. The Morgan fingerprint density at radius 2 is 2.05 bits per heavy atom. The van der Waals surface area contributed by atoms with Gasteiger partial charge in [0.1, 0.15) is 5.37 Å². The monoisotopic (exact) mass is 314 g/mol. The molecule has 0 saturated carbocycles. The zero-order chi connectivity index (χ0) is 14.8. The first-order valence-electron chi connectivity index (χ1n) is 6.30. The number of thioether (sulfide) groups is 1. The molecule has 1 aliphatic heterocycles. The van der Waals surface area contributed by atoms with E-state index in [0.29, 0.717) is 24.4 Å². The van der Waals surface area contributed by atoms with E-state index in [1.165, 1.54) is 11.2 Å². The summed E-state index contributed by atoms with van der Waals surface area (Å²) in [5, 5.41) is -0.733. The van der Waals surface area contributed by atoms with Gasteiger partial charge in [0.25, 0.3) is 5.91 Å². The molecule has 2 N–H and O–H groups in total. The molecule has 1 heterocycles. The first kappa shape index (κ1) is 15.3. The number of carbonyl (C=O) groups is 1. The van der Waals surface area contributed by atoms with Crippen LogP contribution in [0.2, 0.25) is 0 Å². The second-order valence-electron chi connectivity index (χ2n) is 4.76. The average molecular weight is 314 g/mol. The van der Waals surface area contributed by atoms with Crippen LogP contribution in [0.1, 0.15) is 15.9 Å². The largest absolute Gasteiger partial charge is 0.326 e. The predicted octanol–water partition coefficient (Wildman–Crippen LogP) is 0.705. The second-order valence-corrected chi connectivity index (χ2v) is 8.11. The van der Waals surface area contributed by atoms with E-state index < -0.39 is 15.2 Å². The van der Waals surface area contributed by atoms with Crippen molar-refractivity contribution in [2.75, 3.05) is 24.3 Å². The maximum absolute atomic E-state index is 12.5. The quantitative estimate of drug-likeness (QED) is 0.888. The summed E-state index contributed by atoms with van der Waals surface area (Å²) in [7, 11) is -3.28. The van der Waals surface area contributed by atoms with Crippen molar-refractivity contribution in [1.29, 1.82) is 0 Å². The molecule has 0 radical (unpaired) electrons. The number of rotatable bonds is 3. The zero-order valence-electron chi connectivity index (χ0n) is 11.3. The van der Waals surface area contributed by atoms with Crippen molar-refractivity contribution < 1.29 is 13.2 Å². The minimum absolute atomic E-state index is 0.232. The molecule has 0 aliphatic carbocycles. The van der Waals surface area contributed by atoms with Gasteiger partial charge in [-0.2, -0.15) is 11.8 Å². The zero-order valence-corrected chi connectivity index (χ0v) is 12.9. The lowest BCUT2D eigenvalue weighted by molar-refractivity contribution is 0.0749. The lowest BCUT2D eigenvalue weighted by Gasteiger charge is -2.34. The summed E-state index contributed by atoms with van der Waals surface area (Å²) in [6.45, 7) is 0.876. The normalized spacial score (nSPS) is 19.9. The topological polar surface area (TPSA) is 80.5 Å². The van der Waals surface area contributed by atoms with Gasteiger partial charge in [-0.05, 0) is 17.7 Å². The SMILES string of the molecule is CS(=O)(=O)C1CSCCN1C(=O)c1ccc(CN)cc1. The van der Waals surface area contributed by atoms with Crippen molar-refractivity contribution in [3.63, 3.8) is 0 Å². The lowest BCUT2D eigenvalue weighted by atomic mass is 10.1. The van der Waals surface area contributed by atoms with Crippen molar-refractivity contribution in [1.82, 2.24) is 4.90 Å². The molecule has 1 saturated heterocycles. The summed E-state index contributed by atoms with van der Waals surface area (Å²) < 4.78 is 23.6. The van der Waals surface area contributed by atoms with Gasteiger partial charge in [-0.3, -0.25) is 4.79 Å². The van der Waals surface area contributed by atoms with Crippen molar-refractivity contribution in [2.24, 2.45) is 5.73 Å². The molecule has 0 bridgehead atoms. The Kier molecular flexibility index (Phi) is 4.72. The number of hydrogen-bond acceptors (Lipinski definition) is 5. The molecular weight excluding hydrogens is 296 g/mol. The minimum atomic E-state index is -3.28. The third kappa shape index (κ3) is 3.34. The van der Waals surface area contributed by atoms with Gasteiger partial charge >= 0.3 is 0 Å². The Labute approximate surface area is 123 Å². The molecule has 1 aliphatic rings. The van der Waals surface area contributed by atoms with Crippen LogP contribution in [-0.4, -0.2) is 48.9 Å². The number of nitrogens with two attached hydrogens (primary N) is 1. The highest BCUT2D eigenvalue weighted by Gasteiger charge is 2.34. The Hall–Kier alpha value is -1.05. The maximum atomic E-state index is 12.5. The van der Waals surface area contributed by atoms with E-state index in [1.54, 1.807) is 36.0 Å². The molecule has 2 rings (SSSR count). The number of hydrogen-bond donors (Lipinski definition) is 1. The van der Waals surface area contributed by atoms with E-state index in [9.17, 15) is 13.2 Å². The molecule has 110 valence electrons. The molecule has 0 aromatic heterocycles. The third-order valence-electron chi connectivity index (χ3n) is 3.28. The van der Waals surface area contributed by atoms with E-state index in [-0.39, 0.29) is 5.91 Å². The minimum Gasteiger partial charge on any atom is -0.326 e. The molecule has 1 unspecified atom stereocenters. The number of nitrogens with zero attached hydrogens (tertiary/aromatic N) is 1. The molecule has 20 heavy (non-hydrogen) atoms. The Morgan fingerprint density at radius 3 is 2.60 bits per heavy atom. The fourth-order valence-corrected chi connectivity index (χ4v) is 4.93. The molecule has 1 fully saturated rings. The van der Waals surface area contributed by atoms with Crippen LogP contribution >= 0.6 is 11.8 Å². The van der Waals surface area contributed by atoms with Crippen LogP contribution in [0.15, 0.2) is 24.3 Å². The fraction of sp³-hybridized carbons (Fsp3) is 0.462. The highest BCUT2D eigenvalue weighted by molar-refractivity contribution is 8.00. The van der Waals surface area contributed by atoms with Crippen molar-refractivity contribution >= 4 is 27.5 Å². The fourth-order valence-electron chi connectivity index (χ4n) is 2.12. The molecule has 1 amide bonds. The van der Waals surface area contributed by atoms with Crippen LogP contribution in [0.4, 0.5) is 0 Å². The number of amides is 1. The highest BCUT2D eigenvalue weighted by atomic mass is 32.2. The Balaban J connectivity index is 2.25. The van der Waals surface area contributed by atoms with Gasteiger partial charge in [0.2, 0.25) is 0 Å². The Morgan fingerprint density at radius 1 is 1.40 bits per heavy atom. The lowest BCUT2D eigenvalue weighted by Crippen LogP contribution is -2.49. The average Bonchev–Trinajstić information content (AvgIpc) is 2.46. The van der Waals surface area contributed by atoms with E-state index >= 15 is 0 Å². The summed E-state index contributed by atoms with van der Waals surface area (Å²) in [6, 6.07) is 6.99. The summed E-state index contributed by atoms with van der Waals surface area (Å²) in [5.74, 6) is 0.966. The molecule has 5 nitrogen and oxygen atoms in total. The standard InChI is InChI=1S/C13H18N2O3S2/c1-20(17,18)12-9-19-7-6-15(12)13(16)11-4-2-10(8-14)3-5-11/h2-5,12H,6-9,14H2,1H3. The van der Waals surface area contributed by atoms with Crippen molar-refractivity contribution in [3.05, 3.63) is 35.4 Å². The second kappa shape index (κ2) is 6.15. The first-order valence-corrected chi connectivity index (χ1v) is 9.41. The predicted molar refractivity (Wildman–Crippen MR) is 81.3 cm³/mol. The summed E-state index contributed by atoms with van der Waals surface area (Å²) >= 11 is 1.56. The van der Waals surface area contributed by atoms with E-state index in [0.717, 1.165) is 11.3 Å². The van der Waals surface area contributed by atoms with Crippen LogP contribution in [0.3, 0.4) is 0 Å². The summed E-state index contributed by atoms with van der Waals surface area (Å²) in [6.07, 6.45) is 1.18. The summed E-state index contributed by atoms with van der Waals surface area (Å²) in [5.41, 5.74) is 6.96. The maximum Gasteiger partial charge on any atom is 0.254 e. The van der Waals surface area contributed by atoms with Gasteiger partial charge in [-0.15, -0.1) is 0 Å². The Bertz CT molecular complexity index is 584. The van der Waals surface area contributed by atoms with Gasteiger partial charge in [0.05, 0.1) is 0 Å². The van der Waals surface area contributed by atoms with Gasteiger partial charge < -0.3 is 10.6 Å². The smallest absolute Gasteiger partial charge is 0.254 e. The summed E-state index contributed by atoms with van der Waals surface area (Å²) in [4.78, 5) is 13.9. The van der Waals surface area contributed by atoms with Gasteiger partial charge in [-0.1, -0.05) is 12.1 Å². The molecule has 1 aromatic rings. The molecule has 1 aromatic carbocycles. The van der Waals surface area contributed by atoms with Gasteiger partial charge in [-0.25, -0.2) is 8.42 Å². The van der Waals surface area contributed by atoms with Crippen LogP contribution in [0.5, 0.6) is 0 Å². The molecular formula is C13H18N2O3S2. The molecule has 7 heteroatoms. The van der Waals surface area contributed by atoms with E-state index in [4.69, 9.17) is 5.73 Å². The van der Waals surface area contributed by atoms with Crippen LogP contribution in [0.25, 0.3) is 0 Å². The first-order chi connectivity index (χ1) is 9.43. The number of benzene rings is 1. The van der Waals surface area contributed by atoms with Crippen LogP contribution in [0, 0.1) is 0 Å². The van der Waals surface area contributed by atoms with Crippen molar-refractivity contribution in [3.8, 4) is 0 Å². The number of carbonyl (C=O) groups excluding carboxylic acids is 1. The van der Waals surface area contributed by atoms with Crippen molar-refractivity contribution in [2.45, 2.75) is 11.9 Å². The van der Waals surface area contributed by atoms with E-state index in [1.807, 2.05) is 0 Å². The van der Waals surface area contributed by atoms with E-state index in [2.05, 4.69) is 0 Å². The van der Waals surface area contributed by atoms with Crippen LogP contribution in [-0.2, 0) is 16.4 Å². The third-order valence-corrected chi connectivity index (χ3v) is 5.92. The van der Waals surface area contributed by atoms with Crippen LogP contribution < -0.4 is 5.73 Å². The molecule has 1 atom stereocenters. The van der Waals surface area contributed by atoms with Gasteiger partial charge in [0, 0.05) is 36.4 Å².